The highest BCUT2D eigenvalue weighted by molar-refractivity contribution is 5.82. The molecule has 4 heteroatoms. The monoisotopic (exact) mass is 184 g/mol. The second-order valence-electron chi connectivity index (χ2n) is 3.59. The fourth-order valence-corrected chi connectivity index (χ4v) is 1.90. The Morgan fingerprint density at radius 1 is 1.38 bits per heavy atom. The Labute approximate surface area is 78.2 Å². The van der Waals surface area contributed by atoms with Crippen LogP contribution < -0.4 is 5.32 Å². The first-order chi connectivity index (χ1) is 6.38. The predicted octanol–water partition coefficient (Wildman–Crippen LogP) is -0.403. The molecule has 0 aromatic heterocycles. The Kier molecular flexibility index (Phi) is 2.80. The molecule has 2 heterocycles. The van der Waals surface area contributed by atoms with E-state index in [2.05, 4.69) is 5.32 Å². The molecular weight excluding hydrogens is 168 g/mol. The molecule has 2 saturated heterocycles. The second-order valence-corrected chi connectivity index (χ2v) is 3.59. The molecule has 13 heavy (non-hydrogen) atoms. The molecule has 0 saturated carbocycles. The van der Waals surface area contributed by atoms with Crippen LogP contribution in [0.5, 0.6) is 0 Å². The minimum Gasteiger partial charge on any atom is -0.378 e. The molecule has 2 rings (SSSR count). The van der Waals surface area contributed by atoms with E-state index in [4.69, 9.17) is 4.74 Å². The van der Waals surface area contributed by atoms with Gasteiger partial charge in [-0.3, -0.25) is 4.79 Å². The molecule has 1 atom stereocenters. The third-order valence-corrected chi connectivity index (χ3v) is 2.68. The summed E-state index contributed by atoms with van der Waals surface area (Å²) >= 11 is 0. The third kappa shape index (κ3) is 2.00. The van der Waals surface area contributed by atoms with Crippen molar-refractivity contribution in [3.8, 4) is 0 Å². The SMILES string of the molecule is O=C([C@@H]1CCCN1)N1CCOCC1. The average Bonchev–Trinajstić information content (AvgIpc) is 2.71. The van der Waals surface area contributed by atoms with Crippen molar-refractivity contribution in [2.75, 3.05) is 32.8 Å². The van der Waals surface area contributed by atoms with E-state index in [-0.39, 0.29) is 11.9 Å². The van der Waals surface area contributed by atoms with E-state index < -0.39 is 0 Å². The second kappa shape index (κ2) is 4.07. The Morgan fingerprint density at radius 2 is 2.15 bits per heavy atom. The molecule has 1 amide bonds. The highest BCUT2D eigenvalue weighted by Gasteiger charge is 2.27. The van der Waals surface area contributed by atoms with Crippen molar-refractivity contribution >= 4 is 5.91 Å². The maximum Gasteiger partial charge on any atom is 0.239 e. The molecule has 1 N–H and O–H groups in total. The highest BCUT2D eigenvalue weighted by Crippen LogP contribution is 2.09. The topological polar surface area (TPSA) is 41.6 Å². The first-order valence-electron chi connectivity index (χ1n) is 4.98. The van der Waals surface area contributed by atoms with Gasteiger partial charge in [-0.05, 0) is 19.4 Å². The number of morpholine rings is 1. The van der Waals surface area contributed by atoms with Crippen molar-refractivity contribution < 1.29 is 9.53 Å². The molecule has 0 aromatic rings. The summed E-state index contributed by atoms with van der Waals surface area (Å²) in [5.41, 5.74) is 0. The summed E-state index contributed by atoms with van der Waals surface area (Å²) in [4.78, 5) is 13.7. The van der Waals surface area contributed by atoms with E-state index in [1.54, 1.807) is 0 Å². The van der Waals surface area contributed by atoms with E-state index in [1.807, 2.05) is 4.90 Å². The Hall–Kier alpha value is -0.610. The molecule has 0 aliphatic carbocycles. The van der Waals surface area contributed by atoms with Gasteiger partial charge in [0.05, 0.1) is 19.3 Å². The average molecular weight is 184 g/mol. The molecule has 74 valence electrons. The Balaban J connectivity index is 1.87. The summed E-state index contributed by atoms with van der Waals surface area (Å²) in [6.45, 7) is 3.89. The number of carbonyl (C=O) groups is 1. The number of ether oxygens (including phenoxy) is 1. The summed E-state index contributed by atoms with van der Waals surface area (Å²) in [6.07, 6.45) is 2.12. The molecular formula is C9H16N2O2. The van der Waals surface area contributed by atoms with E-state index in [0.717, 1.165) is 32.5 Å². The van der Waals surface area contributed by atoms with Crippen LogP contribution >= 0.6 is 0 Å². The van der Waals surface area contributed by atoms with Gasteiger partial charge in [-0.2, -0.15) is 0 Å². The van der Waals surface area contributed by atoms with Crippen LogP contribution in [0.2, 0.25) is 0 Å². The van der Waals surface area contributed by atoms with Gasteiger partial charge in [-0.25, -0.2) is 0 Å². The van der Waals surface area contributed by atoms with Gasteiger partial charge in [0.2, 0.25) is 5.91 Å². The molecule has 0 spiro atoms. The quantitative estimate of drug-likeness (QED) is 0.603. The van der Waals surface area contributed by atoms with Crippen molar-refractivity contribution in [2.24, 2.45) is 0 Å². The number of hydrogen-bond donors (Lipinski definition) is 1. The lowest BCUT2D eigenvalue weighted by Gasteiger charge is -2.29. The fraction of sp³-hybridized carbons (Fsp3) is 0.889. The molecule has 0 unspecified atom stereocenters. The zero-order chi connectivity index (χ0) is 9.10. The first-order valence-corrected chi connectivity index (χ1v) is 4.98. The zero-order valence-electron chi connectivity index (χ0n) is 7.79. The van der Waals surface area contributed by atoms with Gasteiger partial charge in [-0.15, -0.1) is 0 Å². The minimum atomic E-state index is 0.0816. The number of amides is 1. The summed E-state index contributed by atoms with van der Waals surface area (Å²) < 4.78 is 5.20. The van der Waals surface area contributed by atoms with Crippen molar-refractivity contribution in [1.82, 2.24) is 10.2 Å². The van der Waals surface area contributed by atoms with Crippen molar-refractivity contribution in [2.45, 2.75) is 18.9 Å². The van der Waals surface area contributed by atoms with Crippen molar-refractivity contribution in [3.63, 3.8) is 0 Å². The lowest BCUT2D eigenvalue weighted by Crippen LogP contribution is -2.48. The van der Waals surface area contributed by atoms with Crippen LogP contribution in [-0.4, -0.2) is 49.7 Å². The van der Waals surface area contributed by atoms with E-state index in [0.29, 0.717) is 13.2 Å². The Bertz CT molecular complexity index is 184. The molecule has 0 aromatic carbocycles. The van der Waals surface area contributed by atoms with Gasteiger partial charge < -0.3 is 15.0 Å². The van der Waals surface area contributed by atoms with Crippen LogP contribution in [0.4, 0.5) is 0 Å². The van der Waals surface area contributed by atoms with Gasteiger partial charge in [-0.1, -0.05) is 0 Å². The lowest BCUT2D eigenvalue weighted by atomic mass is 10.2. The van der Waals surface area contributed by atoms with Gasteiger partial charge in [0, 0.05) is 13.1 Å². The highest BCUT2D eigenvalue weighted by atomic mass is 16.5. The largest absolute Gasteiger partial charge is 0.378 e. The number of nitrogens with zero attached hydrogens (tertiary/aromatic N) is 1. The normalized spacial score (nSPS) is 29.2. The van der Waals surface area contributed by atoms with Gasteiger partial charge in [0.1, 0.15) is 0 Å². The maximum absolute atomic E-state index is 11.8. The van der Waals surface area contributed by atoms with Crippen molar-refractivity contribution in [1.29, 1.82) is 0 Å². The van der Waals surface area contributed by atoms with Crippen LogP contribution in [0.3, 0.4) is 0 Å². The summed E-state index contributed by atoms with van der Waals surface area (Å²) in [5.74, 6) is 0.265. The van der Waals surface area contributed by atoms with Crippen LogP contribution in [0, 0.1) is 0 Å². The van der Waals surface area contributed by atoms with Gasteiger partial charge in [0.15, 0.2) is 0 Å². The standard InChI is InChI=1S/C9H16N2O2/c12-9(8-2-1-3-10-8)11-4-6-13-7-5-11/h8,10H,1-7H2/t8-/m0/s1. The molecule has 2 aliphatic heterocycles. The van der Waals surface area contributed by atoms with Gasteiger partial charge in [0.25, 0.3) is 0 Å². The maximum atomic E-state index is 11.8. The molecule has 2 aliphatic rings. The van der Waals surface area contributed by atoms with Gasteiger partial charge >= 0.3 is 0 Å². The zero-order valence-corrected chi connectivity index (χ0v) is 7.79. The molecule has 4 nitrogen and oxygen atoms in total. The van der Waals surface area contributed by atoms with Crippen LogP contribution in [0.25, 0.3) is 0 Å². The van der Waals surface area contributed by atoms with E-state index >= 15 is 0 Å². The van der Waals surface area contributed by atoms with Crippen LogP contribution in [-0.2, 0) is 9.53 Å². The fourth-order valence-electron chi connectivity index (χ4n) is 1.90. The van der Waals surface area contributed by atoms with E-state index in [9.17, 15) is 4.79 Å². The number of nitrogens with one attached hydrogen (secondary N) is 1. The molecule has 0 bridgehead atoms. The number of hydrogen-bond acceptors (Lipinski definition) is 3. The van der Waals surface area contributed by atoms with Crippen LogP contribution in [0.15, 0.2) is 0 Å². The molecule has 2 fully saturated rings. The predicted molar refractivity (Wildman–Crippen MR) is 48.4 cm³/mol. The lowest BCUT2D eigenvalue weighted by molar-refractivity contribution is -0.137. The Morgan fingerprint density at radius 3 is 2.77 bits per heavy atom. The number of rotatable bonds is 1. The number of carbonyl (C=O) groups excluding carboxylic acids is 1. The van der Waals surface area contributed by atoms with Crippen molar-refractivity contribution in [3.05, 3.63) is 0 Å². The first kappa shape index (κ1) is 8.97. The summed E-state index contributed by atoms with van der Waals surface area (Å²) in [5, 5.41) is 3.22. The van der Waals surface area contributed by atoms with E-state index in [1.165, 1.54) is 0 Å². The summed E-state index contributed by atoms with van der Waals surface area (Å²) in [7, 11) is 0. The smallest absolute Gasteiger partial charge is 0.239 e. The minimum absolute atomic E-state index is 0.0816. The summed E-state index contributed by atoms with van der Waals surface area (Å²) in [6, 6.07) is 0.0816. The third-order valence-electron chi connectivity index (χ3n) is 2.68. The molecule has 0 radical (unpaired) electrons. The van der Waals surface area contributed by atoms with Crippen LogP contribution in [0.1, 0.15) is 12.8 Å².